The standard InChI is InChI=1S/C22H22ClF3N2O3/c23-17-6-5-15(12-16(17)22(24,25)26)27-21(29)13-28-8-2-1-3-18(28)14-4-7-19-20(11-14)31-10-9-30-19/h4-7,11-12,18H,1-3,8-10,13H2,(H,27,29). The maximum Gasteiger partial charge on any atom is 0.417 e. The van der Waals surface area contributed by atoms with E-state index in [1.54, 1.807) is 0 Å². The summed E-state index contributed by atoms with van der Waals surface area (Å²) in [6.07, 6.45) is -1.73. The lowest BCUT2D eigenvalue weighted by Crippen LogP contribution is -2.39. The molecular weight excluding hydrogens is 433 g/mol. The van der Waals surface area contributed by atoms with Crippen LogP contribution in [0.25, 0.3) is 0 Å². The molecule has 2 aromatic rings. The van der Waals surface area contributed by atoms with Crippen LogP contribution in [-0.4, -0.2) is 37.1 Å². The molecule has 31 heavy (non-hydrogen) atoms. The highest BCUT2D eigenvalue weighted by atomic mass is 35.5. The van der Waals surface area contributed by atoms with E-state index in [1.807, 2.05) is 23.1 Å². The number of amides is 1. The van der Waals surface area contributed by atoms with Crippen molar-refractivity contribution in [2.75, 3.05) is 31.6 Å². The molecule has 2 aliphatic heterocycles. The van der Waals surface area contributed by atoms with E-state index in [2.05, 4.69) is 5.32 Å². The van der Waals surface area contributed by atoms with Crippen molar-refractivity contribution in [1.29, 1.82) is 0 Å². The number of anilines is 1. The van der Waals surface area contributed by atoms with Crippen LogP contribution in [0.3, 0.4) is 0 Å². The summed E-state index contributed by atoms with van der Waals surface area (Å²) >= 11 is 5.65. The molecule has 1 N–H and O–H groups in total. The van der Waals surface area contributed by atoms with Gasteiger partial charge in [0.05, 0.1) is 17.1 Å². The summed E-state index contributed by atoms with van der Waals surface area (Å²) in [6.45, 7) is 1.81. The molecule has 1 saturated heterocycles. The van der Waals surface area contributed by atoms with Crippen LogP contribution >= 0.6 is 11.6 Å². The summed E-state index contributed by atoms with van der Waals surface area (Å²) in [6, 6.07) is 9.18. The molecule has 4 rings (SSSR count). The van der Waals surface area contributed by atoms with Gasteiger partial charge in [-0.05, 0) is 55.3 Å². The van der Waals surface area contributed by atoms with Crippen LogP contribution < -0.4 is 14.8 Å². The molecule has 1 atom stereocenters. The predicted molar refractivity (Wildman–Crippen MR) is 111 cm³/mol. The van der Waals surface area contributed by atoms with Gasteiger partial charge in [-0.25, -0.2) is 0 Å². The Morgan fingerprint density at radius 2 is 1.87 bits per heavy atom. The van der Waals surface area contributed by atoms with Crippen LogP contribution in [0, 0.1) is 0 Å². The van der Waals surface area contributed by atoms with Gasteiger partial charge in [0.25, 0.3) is 0 Å². The summed E-state index contributed by atoms with van der Waals surface area (Å²) in [4.78, 5) is 14.7. The van der Waals surface area contributed by atoms with Crippen LogP contribution in [0.1, 0.15) is 36.4 Å². The topological polar surface area (TPSA) is 50.8 Å². The third-order valence-corrected chi connectivity index (χ3v) is 5.80. The fourth-order valence-electron chi connectivity index (χ4n) is 4.03. The van der Waals surface area contributed by atoms with Gasteiger partial charge in [0.2, 0.25) is 5.91 Å². The molecule has 166 valence electrons. The summed E-state index contributed by atoms with van der Waals surface area (Å²) in [5.74, 6) is 1.03. The van der Waals surface area contributed by atoms with E-state index < -0.39 is 16.8 Å². The molecule has 0 aliphatic carbocycles. The van der Waals surface area contributed by atoms with Gasteiger partial charge < -0.3 is 14.8 Å². The molecule has 2 aromatic carbocycles. The number of ether oxygens (including phenoxy) is 2. The molecular formula is C22H22ClF3N2O3. The normalized spacial score (nSPS) is 19.2. The lowest BCUT2D eigenvalue weighted by molar-refractivity contribution is -0.137. The predicted octanol–water partition coefficient (Wildman–Crippen LogP) is 5.30. The van der Waals surface area contributed by atoms with Crippen molar-refractivity contribution in [3.8, 4) is 11.5 Å². The van der Waals surface area contributed by atoms with Gasteiger partial charge in [-0.1, -0.05) is 24.1 Å². The quantitative estimate of drug-likeness (QED) is 0.681. The number of likely N-dealkylation sites (tertiary alicyclic amines) is 1. The highest BCUT2D eigenvalue weighted by Crippen LogP contribution is 2.38. The Kier molecular flexibility index (Phi) is 6.29. The number of nitrogens with one attached hydrogen (secondary N) is 1. The van der Waals surface area contributed by atoms with Gasteiger partial charge in [-0.15, -0.1) is 0 Å². The SMILES string of the molecule is O=C(CN1CCCCC1c1ccc2c(c1)OCCO2)Nc1ccc(Cl)c(C(F)(F)F)c1. The first-order valence-electron chi connectivity index (χ1n) is 10.1. The number of alkyl halides is 3. The zero-order valence-corrected chi connectivity index (χ0v) is 17.4. The third kappa shape index (κ3) is 5.07. The molecule has 2 heterocycles. The highest BCUT2D eigenvalue weighted by Gasteiger charge is 2.33. The van der Waals surface area contributed by atoms with Crippen molar-refractivity contribution < 1.29 is 27.4 Å². The van der Waals surface area contributed by atoms with Crippen molar-refractivity contribution in [2.45, 2.75) is 31.5 Å². The van der Waals surface area contributed by atoms with E-state index in [0.717, 1.165) is 43.5 Å². The number of hydrogen-bond donors (Lipinski definition) is 1. The summed E-state index contributed by atoms with van der Waals surface area (Å²) in [7, 11) is 0. The van der Waals surface area contributed by atoms with Gasteiger partial charge in [-0.3, -0.25) is 9.69 Å². The van der Waals surface area contributed by atoms with Crippen molar-refractivity contribution >= 4 is 23.2 Å². The number of carbonyl (C=O) groups is 1. The maximum atomic E-state index is 13.1. The van der Waals surface area contributed by atoms with Gasteiger partial charge in [0.1, 0.15) is 13.2 Å². The second-order valence-electron chi connectivity index (χ2n) is 7.63. The van der Waals surface area contributed by atoms with Gasteiger partial charge in [0, 0.05) is 11.7 Å². The molecule has 1 unspecified atom stereocenters. The van der Waals surface area contributed by atoms with Crippen LogP contribution in [0.2, 0.25) is 5.02 Å². The molecule has 5 nitrogen and oxygen atoms in total. The van der Waals surface area contributed by atoms with Crippen molar-refractivity contribution in [2.24, 2.45) is 0 Å². The first-order valence-corrected chi connectivity index (χ1v) is 10.5. The van der Waals surface area contributed by atoms with Gasteiger partial charge >= 0.3 is 6.18 Å². The average Bonchev–Trinajstić information content (AvgIpc) is 2.74. The Hall–Kier alpha value is -2.45. The minimum atomic E-state index is -4.59. The average molecular weight is 455 g/mol. The van der Waals surface area contributed by atoms with E-state index in [0.29, 0.717) is 24.7 Å². The van der Waals surface area contributed by atoms with Gasteiger partial charge in [0.15, 0.2) is 11.5 Å². The molecule has 0 bridgehead atoms. The Balaban J connectivity index is 1.47. The summed E-state index contributed by atoms with van der Waals surface area (Å²) < 4.78 is 50.5. The number of rotatable bonds is 4. The Morgan fingerprint density at radius 1 is 1.10 bits per heavy atom. The summed E-state index contributed by atoms with van der Waals surface area (Å²) in [5.41, 5.74) is 0.122. The summed E-state index contributed by atoms with van der Waals surface area (Å²) in [5, 5.41) is 2.16. The monoisotopic (exact) mass is 454 g/mol. The lowest BCUT2D eigenvalue weighted by atomic mass is 9.95. The van der Waals surface area contributed by atoms with Crippen molar-refractivity contribution in [3.05, 3.63) is 52.5 Å². The van der Waals surface area contributed by atoms with Crippen molar-refractivity contribution in [1.82, 2.24) is 4.90 Å². The number of hydrogen-bond acceptors (Lipinski definition) is 4. The largest absolute Gasteiger partial charge is 0.486 e. The number of piperidine rings is 1. The fraction of sp³-hybridized carbons (Fsp3) is 0.409. The van der Waals surface area contributed by atoms with Crippen LogP contribution in [0.15, 0.2) is 36.4 Å². The molecule has 0 aromatic heterocycles. The van der Waals surface area contributed by atoms with Crippen LogP contribution in [-0.2, 0) is 11.0 Å². The van der Waals surface area contributed by atoms with E-state index in [-0.39, 0.29) is 24.2 Å². The molecule has 0 spiro atoms. The Morgan fingerprint density at radius 3 is 2.65 bits per heavy atom. The number of benzene rings is 2. The number of halogens is 4. The Bertz CT molecular complexity index is 968. The molecule has 9 heteroatoms. The zero-order chi connectivity index (χ0) is 22.0. The maximum absolute atomic E-state index is 13.1. The second-order valence-corrected chi connectivity index (χ2v) is 8.03. The fourth-order valence-corrected chi connectivity index (χ4v) is 4.25. The first-order chi connectivity index (χ1) is 14.8. The zero-order valence-electron chi connectivity index (χ0n) is 16.7. The second kappa shape index (κ2) is 8.96. The minimum absolute atomic E-state index is 0.0197. The minimum Gasteiger partial charge on any atom is -0.486 e. The van der Waals surface area contributed by atoms with Crippen molar-refractivity contribution in [3.63, 3.8) is 0 Å². The highest BCUT2D eigenvalue weighted by molar-refractivity contribution is 6.31. The molecule has 0 radical (unpaired) electrons. The number of carbonyl (C=O) groups excluding carboxylic acids is 1. The van der Waals surface area contributed by atoms with E-state index in [9.17, 15) is 18.0 Å². The van der Waals surface area contributed by atoms with Crippen LogP contribution in [0.5, 0.6) is 11.5 Å². The Labute approximate surface area is 183 Å². The van der Waals surface area contributed by atoms with E-state index in [1.165, 1.54) is 6.07 Å². The van der Waals surface area contributed by atoms with Gasteiger partial charge in [-0.2, -0.15) is 13.2 Å². The molecule has 1 fully saturated rings. The van der Waals surface area contributed by atoms with E-state index >= 15 is 0 Å². The number of nitrogens with zero attached hydrogens (tertiary/aromatic N) is 1. The first kappa shape index (κ1) is 21.8. The molecule has 0 saturated carbocycles. The third-order valence-electron chi connectivity index (χ3n) is 5.47. The lowest BCUT2D eigenvalue weighted by Gasteiger charge is -2.36. The molecule has 1 amide bonds. The number of fused-ring (bicyclic) bond motifs is 1. The smallest absolute Gasteiger partial charge is 0.417 e. The van der Waals surface area contributed by atoms with E-state index in [4.69, 9.17) is 21.1 Å². The molecule has 2 aliphatic rings. The van der Waals surface area contributed by atoms with Crippen LogP contribution in [0.4, 0.5) is 18.9 Å².